The Morgan fingerprint density at radius 3 is 2.71 bits per heavy atom. The maximum Gasteiger partial charge on any atom is 0.343 e. The molecule has 0 radical (unpaired) electrons. The smallest absolute Gasteiger partial charge is 0.343 e. The van der Waals surface area contributed by atoms with Crippen molar-refractivity contribution in [3.05, 3.63) is 45.8 Å². The number of hydrogen-bond donors (Lipinski definition) is 0. The van der Waals surface area contributed by atoms with Gasteiger partial charge in [0.2, 0.25) is 5.43 Å². The summed E-state index contributed by atoms with van der Waals surface area (Å²) in [6, 6.07) is 1.12. The van der Waals surface area contributed by atoms with E-state index in [1.54, 1.807) is 22.6 Å². The van der Waals surface area contributed by atoms with Gasteiger partial charge >= 0.3 is 5.97 Å². The van der Waals surface area contributed by atoms with Gasteiger partial charge in [0, 0.05) is 33.0 Å². The number of rotatable bonds is 5. The van der Waals surface area contributed by atoms with Gasteiger partial charge in [-0.3, -0.25) is 4.79 Å². The second-order valence-electron chi connectivity index (χ2n) is 5.38. The SMILES string of the molecule is CCOC(=O)c1cn(CC)c2nc(/C=C/N(C)C)c(F)cc2c1=O. The maximum absolute atomic E-state index is 14.3. The highest BCUT2D eigenvalue weighted by Crippen LogP contribution is 2.16. The second kappa shape index (κ2) is 7.25. The number of carbonyl (C=O) groups is 1. The molecule has 2 aromatic rings. The second-order valence-corrected chi connectivity index (χ2v) is 5.38. The lowest BCUT2D eigenvalue weighted by molar-refractivity contribution is 0.0524. The van der Waals surface area contributed by atoms with Gasteiger partial charge in [0.1, 0.15) is 22.7 Å². The molecule has 0 unspecified atom stereocenters. The summed E-state index contributed by atoms with van der Waals surface area (Å²) in [6.07, 6.45) is 4.60. The van der Waals surface area contributed by atoms with Crippen molar-refractivity contribution < 1.29 is 13.9 Å². The van der Waals surface area contributed by atoms with E-state index >= 15 is 0 Å². The summed E-state index contributed by atoms with van der Waals surface area (Å²) in [5.74, 6) is -1.34. The molecule has 0 aromatic carbocycles. The van der Waals surface area contributed by atoms with Crippen molar-refractivity contribution in [1.82, 2.24) is 14.5 Å². The number of esters is 1. The van der Waals surface area contributed by atoms with Crippen molar-refractivity contribution in [3.63, 3.8) is 0 Å². The van der Waals surface area contributed by atoms with E-state index in [1.807, 2.05) is 21.0 Å². The molecule has 128 valence electrons. The third-order valence-electron chi connectivity index (χ3n) is 3.40. The van der Waals surface area contributed by atoms with Gasteiger partial charge in [0.05, 0.1) is 12.0 Å². The Kier molecular flexibility index (Phi) is 5.33. The average Bonchev–Trinajstić information content (AvgIpc) is 2.54. The predicted molar refractivity (Wildman–Crippen MR) is 90.3 cm³/mol. The lowest BCUT2D eigenvalue weighted by Gasteiger charge is -2.11. The van der Waals surface area contributed by atoms with E-state index < -0.39 is 17.2 Å². The molecule has 2 rings (SSSR count). The van der Waals surface area contributed by atoms with Crippen LogP contribution in [0.2, 0.25) is 0 Å². The van der Waals surface area contributed by atoms with Crippen molar-refractivity contribution in [2.75, 3.05) is 20.7 Å². The fourth-order valence-corrected chi connectivity index (χ4v) is 2.23. The third-order valence-corrected chi connectivity index (χ3v) is 3.40. The van der Waals surface area contributed by atoms with Gasteiger partial charge in [-0.25, -0.2) is 14.2 Å². The molecule has 0 bridgehead atoms. The van der Waals surface area contributed by atoms with Gasteiger partial charge in [0.15, 0.2) is 0 Å². The van der Waals surface area contributed by atoms with Crippen LogP contribution >= 0.6 is 0 Å². The van der Waals surface area contributed by atoms with Gasteiger partial charge in [-0.15, -0.1) is 0 Å². The Morgan fingerprint density at radius 1 is 1.42 bits per heavy atom. The molecule has 0 aliphatic heterocycles. The first-order valence-corrected chi connectivity index (χ1v) is 7.64. The van der Waals surface area contributed by atoms with Crippen LogP contribution < -0.4 is 5.43 Å². The van der Waals surface area contributed by atoms with Crippen LogP contribution in [-0.2, 0) is 11.3 Å². The number of aryl methyl sites for hydroxylation is 1. The fourth-order valence-electron chi connectivity index (χ4n) is 2.23. The number of carbonyl (C=O) groups excluding carboxylic acids is 1. The van der Waals surface area contributed by atoms with E-state index in [4.69, 9.17) is 4.74 Å². The van der Waals surface area contributed by atoms with Crippen LogP contribution in [0.4, 0.5) is 4.39 Å². The first-order chi connectivity index (χ1) is 11.4. The number of fused-ring (bicyclic) bond motifs is 1. The highest BCUT2D eigenvalue weighted by molar-refractivity contribution is 5.93. The summed E-state index contributed by atoms with van der Waals surface area (Å²) in [6.45, 7) is 4.13. The predicted octanol–water partition coefficient (Wildman–Crippen LogP) is 2.26. The summed E-state index contributed by atoms with van der Waals surface area (Å²) >= 11 is 0. The average molecular weight is 333 g/mol. The molecule has 0 N–H and O–H groups in total. The van der Waals surface area contributed by atoms with Crippen molar-refractivity contribution in [2.45, 2.75) is 20.4 Å². The highest BCUT2D eigenvalue weighted by Gasteiger charge is 2.18. The van der Waals surface area contributed by atoms with E-state index in [0.717, 1.165) is 6.07 Å². The maximum atomic E-state index is 14.3. The number of halogens is 1. The largest absolute Gasteiger partial charge is 0.462 e. The number of hydrogen-bond acceptors (Lipinski definition) is 5. The molecule has 0 amide bonds. The quantitative estimate of drug-likeness (QED) is 0.786. The van der Waals surface area contributed by atoms with Crippen molar-refractivity contribution in [2.24, 2.45) is 0 Å². The zero-order valence-electron chi connectivity index (χ0n) is 14.2. The highest BCUT2D eigenvalue weighted by atomic mass is 19.1. The van der Waals surface area contributed by atoms with Gasteiger partial charge in [0.25, 0.3) is 0 Å². The topological polar surface area (TPSA) is 64.4 Å². The summed E-state index contributed by atoms with van der Waals surface area (Å²) in [5.41, 5.74) is -0.247. The normalized spacial score (nSPS) is 11.2. The first-order valence-electron chi connectivity index (χ1n) is 7.64. The molecular weight excluding hydrogens is 313 g/mol. The van der Waals surface area contributed by atoms with E-state index in [1.165, 1.54) is 12.3 Å². The molecule has 0 fully saturated rings. The van der Waals surface area contributed by atoms with Crippen molar-refractivity contribution in [1.29, 1.82) is 0 Å². The summed E-state index contributed by atoms with van der Waals surface area (Å²) in [7, 11) is 3.62. The molecule has 2 aromatic heterocycles. The van der Waals surface area contributed by atoms with E-state index in [9.17, 15) is 14.0 Å². The van der Waals surface area contributed by atoms with Crippen molar-refractivity contribution >= 4 is 23.1 Å². The molecule has 0 atom stereocenters. The van der Waals surface area contributed by atoms with Crippen LogP contribution in [0.3, 0.4) is 0 Å². The van der Waals surface area contributed by atoms with E-state index in [0.29, 0.717) is 12.2 Å². The number of nitrogens with zero attached hydrogens (tertiary/aromatic N) is 3. The lowest BCUT2D eigenvalue weighted by atomic mass is 10.1. The molecule has 0 saturated heterocycles. The first kappa shape index (κ1) is 17.7. The molecular formula is C17H20FN3O3. The van der Waals surface area contributed by atoms with Crippen LogP contribution in [0.15, 0.2) is 23.3 Å². The van der Waals surface area contributed by atoms with Gasteiger partial charge in [-0.1, -0.05) is 0 Å². The van der Waals surface area contributed by atoms with Crippen LogP contribution in [0.25, 0.3) is 17.1 Å². The number of aromatic nitrogens is 2. The van der Waals surface area contributed by atoms with Crippen LogP contribution in [0.5, 0.6) is 0 Å². The fraction of sp³-hybridized carbons (Fsp3) is 0.353. The molecule has 0 aliphatic rings. The molecule has 24 heavy (non-hydrogen) atoms. The molecule has 0 spiro atoms. The molecule has 0 saturated carbocycles. The lowest BCUT2D eigenvalue weighted by Crippen LogP contribution is -2.21. The minimum Gasteiger partial charge on any atom is -0.462 e. The Hall–Kier alpha value is -2.70. The Labute approximate surface area is 139 Å². The summed E-state index contributed by atoms with van der Waals surface area (Å²) in [4.78, 5) is 30.4. The standard InChI is InChI=1S/C17H20FN3O3/c1-5-21-10-12(17(23)24-6-2)15(22)11-9-13(18)14(19-16(11)21)7-8-20(3)4/h7-10H,5-6H2,1-4H3/b8-7+. The summed E-state index contributed by atoms with van der Waals surface area (Å²) in [5, 5.41) is 0.0573. The number of pyridine rings is 2. The van der Waals surface area contributed by atoms with Gasteiger partial charge < -0.3 is 14.2 Å². The molecule has 7 heteroatoms. The molecule has 6 nitrogen and oxygen atoms in total. The number of ether oxygens (including phenoxy) is 1. The van der Waals surface area contributed by atoms with E-state index in [2.05, 4.69) is 4.98 Å². The molecule has 2 heterocycles. The van der Waals surface area contributed by atoms with Crippen LogP contribution in [-0.4, -0.2) is 41.1 Å². The monoisotopic (exact) mass is 333 g/mol. The van der Waals surface area contributed by atoms with E-state index in [-0.39, 0.29) is 23.3 Å². The Morgan fingerprint density at radius 2 is 2.12 bits per heavy atom. The van der Waals surface area contributed by atoms with Crippen LogP contribution in [0, 0.1) is 5.82 Å². The molecule has 0 aliphatic carbocycles. The Balaban J connectivity index is 2.72. The van der Waals surface area contributed by atoms with Crippen LogP contribution in [0.1, 0.15) is 29.9 Å². The zero-order chi connectivity index (χ0) is 17.9. The van der Waals surface area contributed by atoms with Gasteiger partial charge in [-0.05, 0) is 26.0 Å². The third kappa shape index (κ3) is 3.45. The zero-order valence-corrected chi connectivity index (χ0v) is 14.2. The minimum absolute atomic E-state index is 0.0573. The van der Waals surface area contributed by atoms with Gasteiger partial charge in [-0.2, -0.15) is 0 Å². The summed E-state index contributed by atoms with van der Waals surface area (Å²) < 4.78 is 20.8. The Bertz CT molecular complexity index is 856. The van der Waals surface area contributed by atoms with Crippen molar-refractivity contribution in [3.8, 4) is 0 Å². The minimum atomic E-state index is -0.719.